The molecule has 0 aliphatic carbocycles. The lowest BCUT2D eigenvalue weighted by Crippen LogP contribution is -2.41. The monoisotopic (exact) mass is 1140 g/mol. The fourth-order valence-electron chi connectivity index (χ4n) is 11.1. The van der Waals surface area contributed by atoms with E-state index in [0.717, 1.165) is 97.4 Å². The van der Waals surface area contributed by atoms with Gasteiger partial charge >= 0.3 is 17.1 Å². The van der Waals surface area contributed by atoms with Crippen molar-refractivity contribution in [3.63, 3.8) is 0 Å². The predicted octanol–water partition coefficient (Wildman–Crippen LogP) is 21.7. The molecular formula is C68H143NO7Si2. The number of aliphatic hydroxyl groups excluding tert-OH is 1. The molecule has 0 rings (SSSR count). The van der Waals surface area contributed by atoms with Crippen molar-refractivity contribution >= 4 is 17.1 Å². The van der Waals surface area contributed by atoms with Crippen molar-refractivity contribution in [3.05, 3.63) is 0 Å². The molecule has 0 fully saturated rings. The highest BCUT2D eigenvalue weighted by molar-refractivity contribution is 6.64. The predicted molar refractivity (Wildman–Crippen MR) is 345 cm³/mol. The SMILES string of the molecule is CCCCCCCCC(CCCCCC)CO[Si](C)(C)OC(CCCCCCC)OCCCCCCN(CCCCO)CCCCCCOC(CCCCCCC)O[Si](C)(C)OCC(CCCCCC)CCCCCCCC. The summed E-state index contributed by atoms with van der Waals surface area (Å²) < 4.78 is 40.4. The first-order valence-electron chi connectivity index (χ1n) is 35.2. The van der Waals surface area contributed by atoms with E-state index in [4.69, 9.17) is 27.2 Å². The summed E-state index contributed by atoms with van der Waals surface area (Å²) in [6.07, 6.45) is 57.8. The summed E-state index contributed by atoms with van der Waals surface area (Å²) in [5.41, 5.74) is 0. The highest BCUT2D eigenvalue weighted by Gasteiger charge is 2.32. The summed E-state index contributed by atoms with van der Waals surface area (Å²) in [5, 5.41) is 9.57. The van der Waals surface area contributed by atoms with Crippen LogP contribution in [-0.4, -0.2) is 92.4 Å². The molecular weight excluding hydrogens is 999 g/mol. The summed E-state index contributed by atoms with van der Waals surface area (Å²) in [6.45, 7) is 29.7. The van der Waals surface area contributed by atoms with E-state index in [9.17, 15) is 5.11 Å². The highest BCUT2D eigenvalue weighted by atomic mass is 28.4. The fourth-order valence-corrected chi connectivity index (χ4v) is 14.1. The van der Waals surface area contributed by atoms with Gasteiger partial charge in [-0.25, -0.2) is 0 Å². The summed E-state index contributed by atoms with van der Waals surface area (Å²) in [7, 11) is -4.70. The lowest BCUT2D eigenvalue weighted by molar-refractivity contribution is -0.105. The van der Waals surface area contributed by atoms with Gasteiger partial charge in [-0.15, -0.1) is 0 Å². The zero-order valence-corrected chi connectivity index (χ0v) is 56.8. The van der Waals surface area contributed by atoms with Gasteiger partial charge in [0, 0.05) is 33.0 Å². The molecule has 4 atom stereocenters. The third-order valence-corrected chi connectivity index (χ3v) is 19.7. The van der Waals surface area contributed by atoms with Crippen molar-refractivity contribution < 1.29 is 32.3 Å². The fraction of sp³-hybridized carbons (Fsp3) is 1.00. The van der Waals surface area contributed by atoms with Crippen LogP contribution in [0.25, 0.3) is 0 Å². The third kappa shape index (κ3) is 54.1. The molecule has 10 heteroatoms. The molecule has 0 bridgehead atoms. The van der Waals surface area contributed by atoms with Crippen LogP contribution in [0.15, 0.2) is 0 Å². The molecule has 0 heterocycles. The van der Waals surface area contributed by atoms with Crippen LogP contribution in [0.2, 0.25) is 26.2 Å². The molecule has 78 heavy (non-hydrogen) atoms. The third-order valence-electron chi connectivity index (χ3n) is 16.3. The highest BCUT2D eigenvalue weighted by Crippen LogP contribution is 2.26. The Labute approximate surface area is 492 Å². The smallest absolute Gasteiger partial charge is 0.333 e. The summed E-state index contributed by atoms with van der Waals surface area (Å²) in [5.74, 6) is 1.29. The van der Waals surface area contributed by atoms with Crippen LogP contribution in [0.4, 0.5) is 0 Å². The van der Waals surface area contributed by atoms with Crippen LogP contribution in [0, 0.1) is 11.8 Å². The molecule has 0 amide bonds. The first kappa shape index (κ1) is 78.1. The minimum absolute atomic E-state index is 0.154. The largest absolute Gasteiger partial charge is 0.396 e. The van der Waals surface area contributed by atoms with E-state index in [2.05, 4.69) is 72.6 Å². The van der Waals surface area contributed by atoms with Gasteiger partial charge in [0.1, 0.15) is 12.6 Å². The first-order valence-corrected chi connectivity index (χ1v) is 40.8. The summed E-state index contributed by atoms with van der Waals surface area (Å²) in [6, 6.07) is 0. The van der Waals surface area contributed by atoms with Crippen LogP contribution in [-0.2, 0) is 27.2 Å². The van der Waals surface area contributed by atoms with Gasteiger partial charge in [-0.2, -0.15) is 0 Å². The van der Waals surface area contributed by atoms with E-state index in [-0.39, 0.29) is 19.2 Å². The number of ether oxygens (including phenoxy) is 2. The van der Waals surface area contributed by atoms with Crippen molar-refractivity contribution in [1.29, 1.82) is 0 Å². The molecule has 0 radical (unpaired) electrons. The van der Waals surface area contributed by atoms with Crippen LogP contribution < -0.4 is 0 Å². The zero-order valence-electron chi connectivity index (χ0n) is 54.8. The second-order valence-electron chi connectivity index (χ2n) is 25.3. The van der Waals surface area contributed by atoms with Gasteiger partial charge in [-0.3, -0.25) is 0 Å². The number of hydrogen-bond donors (Lipinski definition) is 1. The number of unbranched alkanes of at least 4 members (excludes halogenated alkanes) is 31. The number of hydrogen-bond acceptors (Lipinski definition) is 8. The minimum atomic E-state index is -2.35. The van der Waals surface area contributed by atoms with E-state index in [1.807, 2.05) is 0 Å². The maximum absolute atomic E-state index is 9.57. The molecule has 470 valence electrons. The average molecular weight is 1140 g/mol. The van der Waals surface area contributed by atoms with Crippen LogP contribution in [0.5, 0.6) is 0 Å². The molecule has 0 saturated carbocycles. The van der Waals surface area contributed by atoms with Gasteiger partial charge in [0.25, 0.3) is 0 Å². The average Bonchev–Trinajstić information content (AvgIpc) is 3.42. The molecule has 4 unspecified atom stereocenters. The maximum Gasteiger partial charge on any atom is 0.333 e. The van der Waals surface area contributed by atoms with Crippen LogP contribution in [0.1, 0.15) is 337 Å². The van der Waals surface area contributed by atoms with E-state index >= 15 is 0 Å². The molecule has 0 spiro atoms. The lowest BCUT2D eigenvalue weighted by Gasteiger charge is -2.31. The van der Waals surface area contributed by atoms with Crippen molar-refractivity contribution in [3.8, 4) is 0 Å². The summed E-state index contributed by atoms with van der Waals surface area (Å²) >= 11 is 0. The standard InChI is InChI=1S/C68H143NO7Si2/c1-11-17-23-29-33-41-53-65(51-39-27-21-15-5)63-73-77(7,8)75-67(55-43-31-25-19-13-3)71-61-49-37-35-45-57-69(59-47-48-60-70)58-46-36-38-50-62-72-68(56-44-32-26-20-14-4)76-78(9,10)74-64-66(52-40-28-22-16-6)54-42-34-30-24-18-12-2/h65-68,70H,11-64H2,1-10H3. The summed E-state index contributed by atoms with van der Waals surface area (Å²) in [4.78, 5) is 2.67. The molecule has 0 aliphatic heterocycles. The molecule has 0 saturated heterocycles. The normalized spacial score (nSPS) is 14.0. The Morgan fingerprint density at radius 1 is 0.308 bits per heavy atom. The van der Waals surface area contributed by atoms with Crippen molar-refractivity contribution in [2.45, 2.75) is 376 Å². The van der Waals surface area contributed by atoms with Crippen molar-refractivity contribution in [2.24, 2.45) is 11.8 Å². The second-order valence-corrected chi connectivity index (χ2v) is 32.0. The maximum atomic E-state index is 9.57. The Hall–Kier alpha value is 0.114. The van der Waals surface area contributed by atoms with Gasteiger partial charge in [0.15, 0.2) is 0 Å². The van der Waals surface area contributed by atoms with Crippen LogP contribution >= 0.6 is 0 Å². The number of nitrogens with zero attached hydrogens (tertiary/aromatic N) is 1. The Bertz CT molecular complexity index is 1090. The van der Waals surface area contributed by atoms with E-state index in [1.54, 1.807) is 0 Å². The Morgan fingerprint density at radius 3 is 0.885 bits per heavy atom. The molecule has 0 aromatic heterocycles. The first-order chi connectivity index (χ1) is 38.0. The van der Waals surface area contributed by atoms with Gasteiger partial charge in [0.05, 0.1) is 0 Å². The topological polar surface area (TPSA) is 78.9 Å². The quantitative estimate of drug-likeness (QED) is 0.0367. The Kier molecular flexibility index (Phi) is 59.0. The van der Waals surface area contributed by atoms with Gasteiger partial charge in [-0.05, 0) is 148 Å². The van der Waals surface area contributed by atoms with E-state index < -0.39 is 17.1 Å². The van der Waals surface area contributed by atoms with Crippen molar-refractivity contribution in [1.82, 2.24) is 4.90 Å². The van der Waals surface area contributed by atoms with Gasteiger partial charge in [-0.1, -0.05) is 247 Å². The molecule has 1 N–H and O–H groups in total. The number of aliphatic hydroxyl groups is 1. The molecule has 0 aliphatic rings. The Balaban J connectivity index is 5.08. The number of rotatable bonds is 66. The molecule has 8 nitrogen and oxygen atoms in total. The van der Waals surface area contributed by atoms with E-state index in [1.165, 1.54) is 244 Å². The van der Waals surface area contributed by atoms with Gasteiger partial charge < -0.3 is 37.2 Å². The second kappa shape index (κ2) is 58.9. The van der Waals surface area contributed by atoms with Crippen molar-refractivity contribution in [2.75, 3.05) is 52.7 Å². The minimum Gasteiger partial charge on any atom is -0.396 e. The Morgan fingerprint density at radius 2 is 0.564 bits per heavy atom. The van der Waals surface area contributed by atoms with Crippen LogP contribution in [0.3, 0.4) is 0 Å². The zero-order chi connectivity index (χ0) is 57.3. The lowest BCUT2D eigenvalue weighted by atomic mass is 9.95. The van der Waals surface area contributed by atoms with Gasteiger partial charge in [0.2, 0.25) is 0 Å². The molecule has 0 aromatic rings. The van der Waals surface area contributed by atoms with E-state index in [0.29, 0.717) is 11.8 Å². The molecule has 0 aromatic carbocycles.